The molecule has 2 aliphatic rings. The lowest BCUT2D eigenvalue weighted by molar-refractivity contribution is -0.136. The molecule has 0 aromatic heterocycles. The van der Waals surface area contributed by atoms with Gasteiger partial charge in [-0.1, -0.05) is 0 Å². The van der Waals surface area contributed by atoms with Crippen molar-refractivity contribution in [3.05, 3.63) is 18.2 Å². The Kier molecular flexibility index (Phi) is 6.79. The molecule has 2 fully saturated rings. The zero-order valence-electron chi connectivity index (χ0n) is 16.3. The summed E-state index contributed by atoms with van der Waals surface area (Å²) in [6, 6.07) is 4.72. The largest absolute Gasteiger partial charge is 0.497 e. The van der Waals surface area contributed by atoms with Gasteiger partial charge in [-0.25, -0.2) is 13.1 Å². The summed E-state index contributed by atoms with van der Waals surface area (Å²) < 4.78 is 43.9. The number of sulfonamides is 1. The third-order valence-electron chi connectivity index (χ3n) is 5.15. The molecule has 1 heterocycles. The zero-order chi connectivity index (χ0) is 20.1. The molecule has 1 aromatic rings. The number of methoxy groups -OCH3 is 2. The lowest BCUT2D eigenvalue weighted by Crippen LogP contribution is -2.47. The Bertz CT molecular complexity index is 788. The normalized spacial score (nSPS) is 17.9. The van der Waals surface area contributed by atoms with Gasteiger partial charge >= 0.3 is 0 Å². The standard InChI is InChI=1S/C19H28N2O6S/c1-25-16-5-6-17(26-2)18(13-16)28(23,24)20-9-10-21(19(22)14-3-4-14)15-7-11-27-12-8-15/h5-6,13-15,20H,3-4,7-12H2,1-2H3. The van der Waals surface area contributed by atoms with Crippen molar-refractivity contribution in [2.75, 3.05) is 40.5 Å². The van der Waals surface area contributed by atoms with Crippen LogP contribution in [0.15, 0.2) is 23.1 Å². The van der Waals surface area contributed by atoms with E-state index in [1.54, 1.807) is 12.1 Å². The van der Waals surface area contributed by atoms with Crippen molar-refractivity contribution in [3.8, 4) is 11.5 Å². The maximum absolute atomic E-state index is 12.8. The molecule has 0 unspecified atom stereocenters. The number of nitrogens with one attached hydrogen (secondary N) is 1. The quantitative estimate of drug-likeness (QED) is 0.659. The van der Waals surface area contributed by atoms with Gasteiger partial charge in [0.05, 0.1) is 14.2 Å². The minimum Gasteiger partial charge on any atom is -0.497 e. The molecule has 156 valence electrons. The third-order valence-corrected chi connectivity index (χ3v) is 6.63. The summed E-state index contributed by atoms with van der Waals surface area (Å²) >= 11 is 0. The van der Waals surface area contributed by atoms with E-state index in [0.29, 0.717) is 25.5 Å². The molecule has 0 radical (unpaired) electrons. The predicted octanol–water partition coefficient (Wildman–Crippen LogP) is 1.40. The first kappa shape index (κ1) is 20.9. The van der Waals surface area contributed by atoms with Crippen molar-refractivity contribution in [3.63, 3.8) is 0 Å². The first-order chi connectivity index (χ1) is 13.5. The molecule has 28 heavy (non-hydrogen) atoms. The monoisotopic (exact) mass is 412 g/mol. The first-order valence-electron chi connectivity index (χ1n) is 9.56. The van der Waals surface area contributed by atoms with E-state index in [4.69, 9.17) is 14.2 Å². The summed E-state index contributed by atoms with van der Waals surface area (Å²) in [7, 11) is -0.918. The second-order valence-corrected chi connectivity index (χ2v) is 8.80. The number of ether oxygens (including phenoxy) is 3. The van der Waals surface area contributed by atoms with Gasteiger partial charge in [-0.05, 0) is 37.8 Å². The van der Waals surface area contributed by atoms with Gasteiger partial charge in [0, 0.05) is 44.3 Å². The average Bonchev–Trinajstić information content (AvgIpc) is 3.56. The summed E-state index contributed by atoms with van der Waals surface area (Å²) in [5.74, 6) is 0.889. The van der Waals surface area contributed by atoms with Crippen LogP contribution in [0.1, 0.15) is 25.7 Å². The number of carbonyl (C=O) groups is 1. The SMILES string of the molecule is COc1ccc(OC)c(S(=O)(=O)NCCN(C(=O)C2CC2)C2CCOCC2)c1. The van der Waals surface area contributed by atoms with Crippen LogP contribution in [-0.4, -0.2) is 65.8 Å². The van der Waals surface area contributed by atoms with Crippen LogP contribution in [0.4, 0.5) is 0 Å². The second kappa shape index (κ2) is 9.11. The number of carbonyl (C=O) groups excluding carboxylic acids is 1. The van der Waals surface area contributed by atoms with E-state index in [1.165, 1.54) is 20.3 Å². The van der Waals surface area contributed by atoms with Crippen LogP contribution >= 0.6 is 0 Å². The zero-order valence-corrected chi connectivity index (χ0v) is 17.2. The van der Waals surface area contributed by atoms with Crippen LogP contribution in [-0.2, 0) is 19.6 Å². The number of hydrogen-bond donors (Lipinski definition) is 1. The van der Waals surface area contributed by atoms with Crippen molar-refractivity contribution < 1.29 is 27.4 Å². The fraction of sp³-hybridized carbons (Fsp3) is 0.632. The highest BCUT2D eigenvalue weighted by Gasteiger charge is 2.36. The highest BCUT2D eigenvalue weighted by atomic mass is 32.2. The molecule has 1 aromatic carbocycles. The second-order valence-electron chi connectivity index (χ2n) is 7.06. The van der Waals surface area contributed by atoms with Gasteiger partial charge in [-0.15, -0.1) is 0 Å². The summed E-state index contributed by atoms with van der Waals surface area (Å²) in [5, 5.41) is 0. The van der Waals surface area contributed by atoms with Crippen molar-refractivity contribution >= 4 is 15.9 Å². The van der Waals surface area contributed by atoms with Crippen molar-refractivity contribution in [2.45, 2.75) is 36.6 Å². The number of benzene rings is 1. The Morgan fingerprint density at radius 1 is 1.18 bits per heavy atom. The Balaban J connectivity index is 1.68. The van der Waals surface area contributed by atoms with E-state index in [1.807, 2.05) is 4.90 Å². The lowest BCUT2D eigenvalue weighted by atomic mass is 10.1. The number of amides is 1. The molecule has 1 amide bonds. The molecule has 1 N–H and O–H groups in total. The minimum absolute atomic E-state index is 0.0143. The van der Waals surface area contributed by atoms with E-state index in [-0.39, 0.29) is 35.1 Å². The van der Waals surface area contributed by atoms with Crippen molar-refractivity contribution in [2.24, 2.45) is 5.92 Å². The van der Waals surface area contributed by atoms with Gasteiger partial charge in [0.1, 0.15) is 16.4 Å². The molecule has 1 saturated heterocycles. The third kappa shape index (κ3) is 4.95. The molecule has 1 aliphatic heterocycles. The van der Waals surface area contributed by atoms with Gasteiger partial charge in [-0.3, -0.25) is 4.79 Å². The molecule has 3 rings (SSSR count). The van der Waals surface area contributed by atoms with Crippen LogP contribution < -0.4 is 14.2 Å². The smallest absolute Gasteiger partial charge is 0.244 e. The topological polar surface area (TPSA) is 94.2 Å². The van der Waals surface area contributed by atoms with Gasteiger partial charge < -0.3 is 19.1 Å². The number of hydrogen-bond acceptors (Lipinski definition) is 6. The molecular weight excluding hydrogens is 384 g/mol. The highest BCUT2D eigenvalue weighted by Crippen LogP contribution is 2.33. The molecule has 1 saturated carbocycles. The van der Waals surface area contributed by atoms with E-state index in [9.17, 15) is 13.2 Å². The van der Waals surface area contributed by atoms with Crippen LogP contribution in [0.2, 0.25) is 0 Å². The van der Waals surface area contributed by atoms with Gasteiger partial charge in [-0.2, -0.15) is 0 Å². The summed E-state index contributed by atoms with van der Waals surface area (Å²) in [6.07, 6.45) is 3.42. The summed E-state index contributed by atoms with van der Waals surface area (Å²) in [4.78, 5) is 14.5. The van der Waals surface area contributed by atoms with Gasteiger partial charge in [0.15, 0.2) is 0 Å². The molecule has 0 spiro atoms. The fourth-order valence-corrected chi connectivity index (χ4v) is 4.61. The molecule has 0 atom stereocenters. The Labute approximate surface area is 166 Å². The van der Waals surface area contributed by atoms with Gasteiger partial charge in [0.2, 0.25) is 15.9 Å². The average molecular weight is 413 g/mol. The van der Waals surface area contributed by atoms with Crippen LogP contribution in [0, 0.1) is 5.92 Å². The fourth-order valence-electron chi connectivity index (χ4n) is 3.41. The minimum atomic E-state index is -3.81. The highest BCUT2D eigenvalue weighted by molar-refractivity contribution is 7.89. The molecular formula is C19H28N2O6S. The molecule has 1 aliphatic carbocycles. The lowest BCUT2D eigenvalue weighted by Gasteiger charge is -2.34. The number of nitrogens with zero attached hydrogens (tertiary/aromatic N) is 1. The Morgan fingerprint density at radius 2 is 1.89 bits per heavy atom. The molecule has 9 heteroatoms. The van der Waals surface area contributed by atoms with Gasteiger partial charge in [0.25, 0.3) is 0 Å². The molecule has 0 bridgehead atoms. The van der Waals surface area contributed by atoms with E-state index in [2.05, 4.69) is 4.72 Å². The summed E-state index contributed by atoms with van der Waals surface area (Å²) in [6.45, 7) is 1.74. The summed E-state index contributed by atoms with van der Waals surface area (Å²) in [5.41, 5.74) is 0. The molecule has 8 nitrogen and oxygen atoms in total. The van der Waals surface area contributed by atoms with E-state index in [0.717, 1.165) is 25.7 Å². The number of rotatable bonds is 9. The van der Waals surface area contributed by atoms with Crippen LogP contribution in [0.5, 0.6) is 11.5 Å². The Hall–Kier alpha value is -1.84. The van der Waals surface area contributed by atoms with Crippen LogP contribution in [0.3, 0.4) is 0 Å². The van der Waals surface area contributed by atoms with Crippen LogP contribution in [0.25, 0.3) is 0 Å². The maximum atomic E-state index is 12.8. The Morgan fingerprint density at radius 3 is 2.50 bits per heavy atom. The van der Waals surface area contributed by atoms with E-state index < -0.39 is 10.0 Å². The predicted molar refractivity (Wildman–Crippen MR) is 103 cm³/mol. The maximum Gasteiger partial charge on any atom is 0.244 e. The van der Waals surface area contributed by atoms with Crippen molar-refractivity contribution in [1.82, 2.24) is 9.62 Å². The first-order valence-corrected chi connectivity index (χ1v) is 11.0. The van der Waals surface area contributed by atoms with Crippen molar-refractivity contribution in [1.29, 1.82) is 0 Å². The van der Waals surface area contributed by atoms with E-state index >= 15 is 0 Å².